The van der Waals surface area contributed by atoms with E-state index in [4.69, 9.17) is 10.5 Å². The van der Waals surface area contributed by atoms with Gasteiger partial charge in [0, 0.05) is 23.6 Å². The largest absolute Gasteiger partial charge is 0.464 e. The Morgan fingerprint density at radius 2 is 2.29 bits per heavy atom. The summed E-state index contributed by atoms with van der Waals surface area (Å²) in [5.74, 6) is 2.50. The molecule has 116 valence electrons. The fourth-order valence-electron chi connectivity index (χ4n) is 2.88. The molecule has 0 bridgehead atoms. The Bertz CT molecular complexity index is 540. The molecular weight excluding hydrogens is 266 g/mol. The second-order valence-corrected chi connectivity index (χ2v) is 6.24. The van der Waals surface area contributed by atoms with Gasteiger partial charge in [0.05, 0.1) is 5.76 Å². The third kappa shape index (κ3) is 3.67. The SMILES string of the molecule is C=C(O/C(=C\C)C(C)(C)O)C1CCC(c2cc(N)n[nH]2)C1. The number of aromatic nitrogens is 2. The first kappa shape index (κ1) is 15.6. The monoisotopic (exact) mass is 291 g/mol. The van der Waals surface area contributed by atoms with Crippen LogP contribution in [0.1, 0.15) is 51.6 Å². The highest BCUT2D eigenvalue weighted by Gasteiger charge is 2.31. The number of aliphatic hydroxyl groups is 1. The van der Waals surface area contributed by atoms with Gasteiger partial charge in [0.2, 0.25) is 0 Å². The second-order valence-electron chi connectivity index (χ2n) is 6.24. The lowest BCUT2D eigenvalue weighted by Gasteiger charge is -2.24. The molecule has 1 saturated carbocycles. The smallest absolute Gasteiger partial charge is 0.145 e. The maximum Gasteiger partial charge on any atom is 0.145 e. The molecule has 21 heavy (non-hydrogen) atoms. The van der Waals surface area contributed by atoms with Crippen molar-refractivity contribution in [2.75, 3.05) is 5.73 Å². The van der Waals surface area contributed by atoms with Gasteiger partial charge in [-0.05, 0) is 46.1 Å². The molecule has 2 atom stereocenters. The fourth-order valence-corrected chi connectivity index (χ4v) is 2.88. The van der Waals surface area contributed by atoms with Crippen LogP contribution in [0.4, 0.5) is 5.82 Å². The molecule has 0 aromatic carbocycles. The maximum atomic E-state index is 10.0. The summed E-state index contributed by atoms with van der Waals surface area (Å²) in [6.45, 7) is 9.32. The van der Waals surface area contributed by atoms with E-state index >= 15 is 0 Å². The molecule has 1 heterocycles. The highest BCUT2D eigenvalue weighted by Crippen LogP contribution is 2.42. The van der Waals surface area contributed by atoms with Crippen molar-refractivity contribution >= 4 is 5.82 Å². The third-order valence-electron chi connectivity index (χ3n) is 4.05. The predicted octanol–water partition coefficient (Wildman–Crippen LogP) is 3.08. The zero-order valence-electron chi connectivity index (χ0n) is 13.0. The summed E-state index contributed by atoms with van der Waals surface area (Å²) in [7, 11) is 0. The summed E-state index contributed by atoms with van der Waals surface area (Å²) in [5, 5.41) is 17.0. The molecule has 0 amide bonds. The number of ether oxygens (including phenoxy) is 1. The molecule has 0 radical (unpaired) electrons. The minimum absolute atomic E-state index is 0.289. The van der Waals surface area contributed by atoms with Crippen molar-refractivity contribution in [2.24, 2.45) is 5.92 Å². The van der Waals surface area contributed by atoms with Crippen LogP contribution in [-0.4, -0.2) is 20.9 Å². The average molecular weight is 291 g/mol. The molecule has 0 spiro atoms. The third-order valence-corrected chi connectivity index (χ3v) is 4.05. The van der Waals surface area contributed by atoms with Crippen LogP contribution in [0.2, 0.25) is 0 Å². The normalized spacial score (nSPS) is 23.3. The van der Waals surface area contributed by atoms with E-state index in [1.54, 1.807) is 19.9 Å². The number of rotatable bonds is 5. The highest BCUT2D eigenvalue weighted by molar-refractivity contribution is 5.30. The van der Waals surface area contributed by atoms with E-state index in [2.05, 4.69) is 16.8 Å². The minimum Gasteiger partial charge on any atom is -0.464 e. The molecule has 2 unspecified atom stereocenters. The van der Waals surface area contributed by atoms with Crippen LogP contribution in [0.25, 0.3) is 0 Å². The van der Waals surface area contributed by atoms with Crippen LogP contribution in [0.15, 0.2) is 30.2 Å². The van der Waals surface area contributed by atoms with Gasteiger partial charge < -0.3 is 15.6 Å². The lowest BCUT2D eigenvalue weighted by atomic mass is 10.0. The summed E-state index contributed by atoms with van der Waals surface area (Å²) >= 11 is 0. The quantitative estimate of drug-likeness (QED) is 0.728. The van der Waals surface area contributed by atoms with Gasteiger partial charge in [-0.2, -0.15) is 5.10 Å². The van der Waals surface area contributed by atoms with Gasteiger partial charge in [-0.1, -0.05) is 6.58 Å². The number of nitrogen functional groups attached to an aromatic ring is 1. The minimum atomic E-state index is -0.993. The number of allylic oxidation sites excluding steroid dienone is 2. The number of anilines is 1. The number of H-pyrrole nitrogens is 1. The highest BCUT2D eigenvalue weighted by atomic mass is 16.5. The number of nitrogens with two attached hydrogens (primary N) is 1. The van der Waals surface area contributed by atoms with Gasteiger partial charge in [0.1, 0.15) is 17.2 Å². The van der Waals surface area contributed by atoms with Crippen LogP contribution in [-0.2, 0) is 4.74 Å². The van der Waals surface area contributed by atoms with E-state index in [1.807, 2.05) is 13.0 Å². The number of aromatic amines is 1. The molecule has 5 nitrogen and oxygen atoms in total. The summed E-state index contributed by atoms with van der Waals surface area (Å²) in [4.78, 5) is 0. The maximum absolute atomic E-state index is 10.0. The van der Waals surface area contributed by atoms with Crippen LogP contribution in [0.5, 0.6) is 0 Å². The molecule has 0 aliphatic heterocycles. The van der Waals surface area contributed by atoms with Crippen LogP contribution < -0.4 is 5.73 Å². The van der Waals surface area contributed by atoms with Crippen molar-refractivity contribution in [1.29, 1.82) is 0 Å². The fraction of sp³-hybridized carbons (Fsp3) is 0.562. The molecule has 5 heteroatoms. The van der Waals surface area contributed by atoms with E-state index in [-0.39, 0.29) is 5.92 Å². The molecule has 1 aromatic heterocycles. The average Bonchev–Trinajstić information content (AvgIpc) is 3.02. The van der Waals surface area contributed by atoms with E-state index in [1.165, 1.54) is 0 Å². The Morgan fingerprint density at radius 1 is 1.57 bits per heavy atom. The standard InChI is InChI=1S/C16H25N3O2/c1-5-14(16(3,4)20)21-10(2)11-6-7-12(8-11)13-9-15(17)19-18-13/h5,9,11-12,20H,2,6-8H2,1,3-4H3,(H3,17,18,19)/b14-5-. The van der Waals surface area contributed by atoms with Crippen molar-refractivity contribution < 1.29 is 9.84 Å². The van der Waals surface area contributed by atoms with Crippen molar-refractivity contribution in [3.05, 3.63) is 35.9 Å². The van der Waals surface area contributed by atoms with Gasteiger partial charge in [-0.3, -0.25) is 5.10 Å². The molecule has 1 aliphatic rings. The van der Waals surface area contributed by atoms with E-state index in [0.29, 0.717) is 17.5 Å². The summed E-state index contributed by atoms with van der Waals surface area (Å²) in [5.41, 5.74) is 5.74. The molecule has 1 aromatic rings. The first-order valence-corrected chi connectivity index (χ1v) is 7.38. The zero-order chi connectivity index (χ0) is 15.6. The first-order valence-electron chi connectivity index (χ1n) is 7.38. The second kappa shape index (κ2) is 5.93. The number of nitrogens with zero attached hydrogens (tertiary/aromatic N) is 1. The van der Waals surface area contributed by atoms with Crippen molar-refractivity contribution in [3.8, 4) is 0 Å². The van der Waals surface area contributed by atoms with E-state index < -0.39 is 5.60 Å². The summed E-state index contributed by atoms with van der Waals surface area (Å²) < 4.78 is 5.80. The van der Waals surface area contributed by atoms with Crippen LogP contribution >= 0.6 is 0 Å². The zero-order valence-corrected chi connectivity index (χ0v) is 13.0. The van der Waals surface area contributed by atoms with Crippen molar-refractivity contribution in [3.63, 3.8) is 0 Å². The molecule has 1 fully saturated rings. The molecule has 4 N–H and O–H groups in total. The Kier molecular flexibility index (Phi) is 4.42. The first-order chi connectivity index (χ1) is 9.81. The number of nitrogens with one attached hydrogen (secondary N) is 1. The van der Waals surface area contributed by atoms with Crippen LogP contribution in [0, 0.1) is 5.92 Å². The number of hydrogen-bond acceptors (Lipinski definition) is 4. The van der Waals surface area contributed by atoms with Crippen LogP contribution in [0.3, 0.4) is 0 Å². The van der Waals surface area contributed by atoms with Crippen molar-refractivity contribution in [1.82, 2.24) is 10.2 Å². The Balaban J connectivity index is 1.96. The lowest BCUT2D eigenvalue weighted by molar-refractivity contribution is 0.0530. The topological polar surface area (TPSA) is 84.2 Å². The van der Waals surface area contributed by atoms with Gasteiger partial charge in [-0.25, -0.2) is 0 Å². The van der Waals surface area contributed by atoms with Gasteiger partial charge in [-0.15, -0.1) is 0 Å². The Hall–Kier alpha value is -1.75. The molecular formula is C16H25N3O2. The lowest BCUT2D eigenvalue weighted by Crippen LogP contribution is -2.24. The van der Waals surface area contributed by atoms with Gasteiger partial charge >= 0.3 is 0 Å². The predicted molar refractivity (Wildman–Crippen MR) is 83.4 cm³/mol. The molecule has 1 aliphatic carbocycles. The summed E-state index contributed by atoms with van der Waals surface area (Å²) in [6.07, 6.45) is 4.82. The number of hydrogen-bond donors (Lipinski definition) is 3. The van der Waals surface area contributed by atoms with Gasteiger partial charge in [0.15, 0.2) is 0 Å². The van der Waals surface area contributed by atoms with E-state index in [0.717, 1.165) is 30.7 Å². The Morgan fingerprint density at radius 3 is 2.81 bits per heavy atom. The Labute approximate surface area is 125 Å². The molecule has 2 rings (SSSR count). The van der Waals surface area contributed by atoms with E-state index in [9.17, 15) is 5.11 Å². The molecule has 0 saturated heterocycles. The van der Waals surface area contributed by atoms with Crippen molar-refractivity contribution in [2.45, 2.75) is 51.6 Å². The van der Waals surface area contributed by atoms with Gasteiger partial charge in [0.25, 0.3) is 0 Å². The summed E-state index contributed by atoms with van der Waals surface area (Å²) in [6, 6.07) is 1.89.